The number of rotatable bonds is 7. The van der Waals surface area contributed by atoms with Crippen LogP contribution in [0.4, 0.5) is 0 Å². The number of hydrogen-bond acceptors (Lipinski definition) is 6. The number of nitrogens with zero attached hydrogens (tertiary/aromatic N) is 4. The first-order valence-electron chi connectivity index (χ1n) is 12.2. The van der Waals surface area contributed by atoms with Crippen LogP contribution in [-0.4, -0.2) is 62.5 Å². The van der Waals surface area contributed by atoms with Crippen molar-refractivity contribution in [3.05, 3.63) is 69.3 Å². The number of benzene rings is 1. The van der Waals surface area contributed by atoms with E-state index in [1.807, 2.05) is 13.0 Å². The van der Waals surface area contributed by atoms with Crippen LogP contribution in [0.5, 0.6) is 0 Å². The van der Waals surface area contributed by atoms with Gasteiger partial charge in [0.15, 0.2) is 5.78 Å². The molecule has 3 aromatic rings. The SMILES string of the molecule is CCc1cc2c(c(C#N)c(C(=O)NC3CCN(C(=O)CO)CC3)n2C)c(=O)n1CC(=O)c1ccccc1. The average molecular weight is 504 g/mol. The first-order chi connectivity index (χ1) is 17.8. The van der Waals surface area contributed by atoms with Gasteiger partial charge in [-0.15, -0.1) is 0 Å². The van der Waals surface area contributed by atoms with Gasteiger partial charge in [-0.1, -0.05) is 37.3 Å². The molecule has 0 unspecified atom stereocenters. The second kappa shape index (κ2) is 10.8. The molecular formula is C27H29N5O5. The van der Waals surface area contributed by atoms with Crippen LogP contribution in [0.15, 0.2) is 41.2 Å². The van der Waals surface area contributed by atoms with Crippen LogP contribution in [0.1, 0.15) is 51.9 Å². The number of aromatic nitrogens is 2. The molecule has 10 heteroatoms. The Bertz CT molecular complexity index is 1460. The van der Waals surface area contributed by atoms with E-state index in [0.717, 1.165) is 0 Å². The number of likely N-dealkylation sites (tertiary alicyclic amines) is 1. The first kappa shape index (κ1) is 25.9. The number of nitrogens with one attached hydrogen (secondary N) is 1. The van der Waals surface area contributed by atoms with E-state index in [9.17, 15) is 24.4 Å². The Morgan fingerprint density at radius 1 is 1.16 bits per heavy atom. The third-order valence-electron chi connectivity index (χ3n) is 6.95. The molecule has 0 atom stereocenters. The molecule has 1 aliphatic heterocycles. The van der Waals surface area contributed by atoms with Gasteiger partial charge >= 0.3 is 0 Å². The van der Waals surface area contributed by atoms with Crippen molar-refractivity contribution in [3.63, 3.8) is 0 Å². The lowest BCUT2D eigenvalue weighted by atomic mass is 10.0. The fourth-order valence-corrected chi connectivity index (χ4v) is 4.92. The molecule has 1 aliphatic rings. The highest BCUT2D eigenvalue weighted by molar-refractivity contribution is 6.03. The first-order valence-corrected chi connectivity index (χ1v) is 12.2. The molecule has 0 saturated carbocycles. The van der Waals surface area contributed by atoms with Gasteiger partial charge in [0.1, 0.15) is 18.4 Å². The maximum atomic E-state index is 13.6. The van der Waals surface area contributed by atoms with E-state index in [4.69, 9.17) is 5.11 Å². The number of aliphatic hydroxyl groups excluding tert-OH is 1. The summed E-state index contributed by atoms with van der Waals surface area (Å²) in [6.45, 7) is 1.97. The molecule has 2 amide bonds. The minimum atomic E-state index is -0.549. The largest absolute Gasteiger partial charge is 0.387 e. The standard InChI is InChI=1S/C27H29N5O5/c1-3-19-13-21-24(27(37)32(19)15-22(34)17-7-5-4-6-8-17)20(14-28)25(30(21)2)26(36)29-18-9-11-31(12-10-18)23(35)16-33/h4-8,13,18,33H,3,9-12,15-16H2,1-2H3,(H,29,36). The zero-order chi connectivity index (χ0) is 26.7. The van der Waals surface area contributed by atoms with Crippen LogP contribution in [0.2, 0.25) is 0 Å². The fourth-order valence-electron chi connectivity index (χ4n) is 4.92. The van der Waals surface area contributed by atoms with Crippen molar-refractivity contribution in [2.45, 2.75) is 38.8 Å². The van der Waals surface area contributed by atoms with Gasteiger partial charge in [0, 0.05) is 37.4 Å². The van der Waals surface area contributed by atoms with E-state index < -0.39 is 18.1 Å². The topological polar surface area (TPSA) is 137 Å². The van der Waals surface area contributed by atoms with Crippen LogP contribution in [0.25, 0.3) is 10.9 Å². The number of piperidine rings is 1. The molecule has 0 bridgehead atoms. The van der Waals surface area contributed by atoms with E-state index in [0.29, 0.717) is 49.1 Å². The molecule has 10 nitrogen and oxygen atoms in total. The lowest BCUT2D eigenvalue weighted by Gasteiger charge is -2.32. The van der Waals surface area contributed by atoms with Crippen LogP contribution >= 0.6 is 0 Å². The van der Waals surface area contributed by atoms with Gasteiger partial charge in [-0.25, -0.2) is 0 Å². The van der Waals surface area contributed by atoms with Gasteiger partial charge in [0.2, 0.25) is 5.91 Å². The summed E-state index contributed by atoms with van der Waals surface area (Å²) in [4.78, 5) is 53.0. The van der Waals surface area contributed by atoms with Crippen LogP contribution < -0.4 is 10.9 Å². The second-order valence-corrected chi connectivity index (χ2v) is 9.11. The van der Waals surface area contributed by atoms with Crippen LogP contribution in [-0.2, 0) is 24.8 Å². The summed E-state index contributed by atoms with van der Waals surface area (Å²) in [6, 6.07) is 12.3. The number of aryl methyl sites for hydroxylation is 2. The Hall–Kier alpha value is -4.23. The Labute approximate surface area is 213 Å². The van der Waals surface area contributed by atoms with Crippen molar-refractivity contribution in [2.24, 2.45) is 7.05 Å². The molecule has 0 spiro atoms. The molecule has 1 fully saturated rings. The molecule has 2 aromatic heterocycles. The van der Waals surface area contributed by atoms with Crippen LogP contribution in [0, 0.1) is 11.3 Å². The van der Waals surface area contributed by atoms with Crippen molar-refractivity contribution < 1.29 is 19.5 Å². The third kappa shape index (κ3) is 4.90. The van der Waals surface area contributed by atoms with Crippen molar-refractivity contribution in [3.8, 4) is 6.07 Å². The molecule has 1 aromatic carbocycles. The van der Waals surface area contributed by atoms with E-state index in [1.54, 1.807) is 52.9 Å². The monoisotopic (exact) mass is 503 g/mol. The molecule has 2 N–H and O–H groups in total. The zero-order valence-electron chi connectivity index (χ0n) is 20.9. The van der Waals surface area contributed by atoms with E-state index >= 15 is 0 Å². The van der Waals surface area contributed by atoms with E-state index in [1.165, 1.54) is 4.57 Å². The molecule has 1 saturated heterocycles. The molecule has 0 radical (unpaired) electrons. The Morgan fingerprint density at radius 3 is 2.43 bits per heavy atom. The number of aliphatic hydroxyl groups is 1. The van der Waals surface area contributed by atoms with Gasteiger partial charge in [0.25, 0.3) is 11.5 Å². The van der Waals surface area contributed by atoms with E-state index in [2.05, 4.69) is 5.32 Å². The second-order valence-electron chi connectivity index (χ2n) is 9.11. The van der Waals surface area contributed by atoms with Gasteiger partial charge in [-0.3, -0.25) is 19.2 Å². The number of Topliss-reactive ketones (excluding diaryl/α,β-unsaturated/α-hetero) is 1. The number of carbonyl (C=O) groups is 3. The average Bonchev–Trinajstić information content (AvgIpc) is 3.21. The Balaban J connectivity index is 1.68. The van der Waals surface area contributed by atoms with Gasteiger partial charge in [0.05, 0.1) is 23.0 Å². The minimum Gasteiger partial charge on any atom is -0.387 e. The van der Waals surface area contributed by atoms with Gasteiger partial charge < -0.3 is 24.5 Å². The number of amides is 2. The maximum absolute atomic E-state index is 13.6. The lowest BCUT2D eigenvalue weighted by Crippen LogP contribution is -2.47. The maximum Gasteiger partial charge on any atom is 0.269 e. The van der Waals surface area contributed by atoms with Gasteiger partial charge in [-0.05, 0) is 25.3 Å². The zero-order valence-corrected chi connectivity index (χ0v) is 20.9. The number of ketones is 1. The molecule has 0 aliphatic carbocycles. The number of nitriles is 1. The van der Waals surface area contributed by atoms with E-state index in [-0.39, 0.29) is 40.9 Å². The molecule has 37 heavy (non-hydrogen) atoms. The number of hydrogen-bond donors (Lipinski definition) is 2. The smallest absolute Gasteiger partial charge is 0.269 e. The number of pyridine rings is 1. The highest BCUT2D eigenvalue weighted by Gasteiger charge is 2.29. The Morgan fingerprint density at radius 2 is 1.84 bits per heavy atom. The highest BCUT2D eigenvalue weighted by Crippen LogP contribution is 2.24. The quantitative estimate of drug-likeness (QED) is 0.467. The van der Waals surface area contributed by atoms with Crippen molar-refractivity contribution in [1.82, 2.24) is 19.4 Å². The summed E-state index contributed by atoms with van der Waals surface area (Å²) < 4.78 is 2.94. The summed E-state index contributed by atoms with van der Waals surface area (Å²) >= 11 is 0. The normalized spacial score (nSPS) is 13.9. The third-order valence-corrected chi connectivity index (χ3v) is 6.95. The number of carbonyl (C=O) groups excluding carboxylic acids is 3. The predicted octanol–water partition coefficient (Wildman–Crippen LogP) is 1.37. The summed E-state index contributed by atoms with van der Waals surface area (Å²) in [7, 11) is 1.64. The molecule has 3 heterocycles. The summed E-state index contributed by atoms with van der Waals surface area (Å²) in [5.74, 6) is -1.05. The lowest BCUT2D eigenvalue weighted by molar-refractivity contribution is -0.135. The predicted molar refractivity (Wildman–Crippen MR) is 136 cm³/mol. The molecule has 192 valence electrons. The highest BCUT2D eigenvalue weighted by atomic mass is 16.3. The Kier molecular flexibility index (Phi) is 7.55. The summed E-state index contributed by atoms with van der Waals surface area (Å²) in [5, 5.41) is 22.1. The van der Waals surface area contributed by atoms with Crippen molar-refractivity contribution in [1.29, 1.82) is 5.26 Å². The van der Waals surface area contributed by atoms with Crippen molar-refractivity contribution >= 4 is 28.5 Å². The van der Waals surface area contributed by atoms with Crippen molar-refractivity contribution in [2.75, 3.05) is 19.7 Å². The minimum absolute atomic E-state index is 0.0311. The number of fused-ring (bicyclic) bond motifs is 1. The summed E-state index contributed by atoms with van der Waals surface area (Å²) in [5.41, 5.74) is 1.13. The molecule has 4 rings (SSSR count). The fraction of sp³-hybridized carbons (Fsp3) is 0.370. The molecular weight excluding hydrogens is 474 g/mol. The van der Waals surface area contributed by atoms with Gasteiger partial charge in [-0.2, -0.15) is 5.26 Å². The van der Waals surface area contributed by atoms with Crippen LogP contribution in [0.3, 0.4) is 0 Å². The summed E-state index contributed by atoms with van der Waals surface area (Å²) in [6.07, 6.45) is 1.50.